The predicted molar refractivity (Wildman–Crippen MR) is 76.9 cm³/mol. The highest BCUT2D eigenvalue weighted by Crippen LogP contribution is 2.19. The molecule has 0 bridgehead atoms. The molecule has 1 atom stereocenters. The van der Waals surface area contributed by atoms with Gasteiger partial charge in [0.2, 0.25) is 5.91 Å². The molecule has 8 heteroatoms. The van der Waals surface area contributed by atoms with Crippen molar-refractivity contribution in [2.45, 2.75) is 33.2 Å². The number of hydrogen-bond donors (Lipinski definition) is 4. The van der Waals surface area contributed by atoms with Gasteiger partial charge in [-0.25, -0.2) is 9.59 Å². The van der Waals surface area contributed by atoms with Crippen LogP contribution < -0.4 is 16.0 Å². The third kappa shape index (κ3) is 8.85. The second kappa shape index (κ2) is 9.17. The summed E-state index contributed by atoms with van der Waals surface area (Å²) >= 11 is 0. The van der Waals surface area contributed by atoms with Gasteiger partial charge in [-0.1, -0.05) is 20.8 Å². The van der Waals surface area contributed by atoms with Gasteiger partial charge < -0.3 is 25.8 Å². The lowest BCUT2D eigenvalue weighted by molar-refractivity contribution is -0.141. The molecule has 4 N–H and O–H groups in total. The van der Waals surface area contributed by atoms with E-state index in [2.05, 4.69) is 16.0 Å². The predicted octanol–water partition coefficient (Wildman–Crippen LogP) is -0.0624. The Bertz CT molecular complexity index is 365. The van der Waals surface area contributed by atoms with E-state index in [4.69, 9.17) is 9.84 Å². The van der Waals surface area contributed by atoms with Crippen LogP contribution in [0, 0.1) is 5.41 Å². The number of ether oxygens (including phenoxy) is 1. The van der Waals surface area contributed by atoms with E-state index in [1.54, 1.807) is 20.8 Å². The minimum Gasteiger partial charge on any atom is -0.480 e. The largest absolute Gasteiger partial charge is 0.480 e. The Morgan fingerprint density at radius 3 is 2.24 bits per heavy atom. The molecule has 0 unspecified atom stereocenters. The van der Waals surface area contributed by atoms with Crippen molar-refractivity contribution >= 4 is 17.9 Å². The van der Waals surface area contributed by atoms with Crippen LogP contribution in [0.1, 0.15) is 27.2 Å². The van der Waals surface area contributed by atoms with Gasteiger partial charge in [0.25, 0.3) is 0 Å². The van der Waals surface area contributed by atoms with Crippen LogP contribution in [0.15, 0.2) is 0 Å². The number of urea groups is 1. The van der Waals surface area contributed by atoms with E-state index < -0.39 is 23.5 Å². The van der Waals surface area contributed by atoms with Gasteiger partial charge in [0.1, 0.15) is 6.04 Å². The highest BCUT2D eigenvalue weighted by atomic mass is 16.5. The van der Waals surface area contributed by atoms with Crippen molar-refractivity contribution in [2.75, 3.05) is 26.8 Å². The minimum atomic E-state index is -1.10. The van der Waals surface area contributed by atoms with Crippen LogP contribution in [0.25, 0.3) is 0 Å². The van der Waals surface area contributed by atoms with E-state index >= 15 is 0 Å². The van der Waals surface area contributed by atoms with Gasteiger partial charge in [-0.3, -0.25) is 4.79 Å². The maximum absolute atomic E-state index is 11.6. The summed E-state index contributed by atoms with van der Waals surface area (Å²) in [4.78, 5) is 34.1. The smallest absolute Gasteiger partial charge is 0.326 e. The number of carbonyl (C=O) groups is 3. The highest BCUT2D eigenvalue weighted by Gasteiger charge is 2.32. The van der Waals surface area contributed by atoms with E-state index in [0.717, 1.165) is 0 Å². The number of carboxylic acids is 1. The third-order valence-corrected chi connectivity index (χ3v) is 2.65. The van der Waals surface area contributed by atoms with E-state index in [-0.39, 0.29) is 18.9 Å². The summed E-state index contributed by atoms with van der Waals surface area (Å²) in [7, 11) is 1.53. The molecule has 0 aromatic rings. The normalized spacial score (nSPS) is 12.4. The maximum Gasteiger partial charge on any atom is 0.326 e. The van der Waals surface area contributed by atoms with Crippen LogP contribution in [0.4, 0.5) is 4.79 Å². The van der Waals surface area contributed by atoms with E-state index in [9.17, 15) is 14.4 Å². The number of rotatable bonds is 8. The molecule has 0 aromatic heterocycles. The molecule has 21 heavy (non-hydrogen) atoms. The van der Waals surface area contributed by atoms with Gasteiger partial charge in [-0.15, -0.1) is 0 Å². The summed E-state index contributed by atoms with van der Waals surface area (Å²) in [6, 6.07) is -1.62. The molecule has 0 aliphatic carbocycles. The first-order valence-corrected chi connectivity index (χ1v) is 6.71. The number of amides is 3. The first-order valence-electron chi connectivity index (χ1n) is 6.71. The van der Waals surface area contributed by atoms with Crippen LogP contribution in [-0.4, -0.2) is 55.9 Å². The third-order valence-electron chi connectivity index (χ3n) is 2.65. The highest BCUT2D eigenvalue weighted by molar-refractivity contribution is 5.83. The molecule has 8 nitrogen and oxygen atoms in total. The first kappa shape index (κ1) is 19.2. The van der Waals surface area contributed by atoms with Gasteiger partial charge in [0.15, 0.2) is 0 Å². The fraction of sp³-hybridized carbons (Fsp3) is 0.769. The maximum atomic E-state index is 11.6. The zero-order valence-corrected chi connectivity index (χ0v) is 13.0. The molecule has 0 aromatic carbocycles. The van der Waals surface area contributed by atoms with Crippen LogP contribution in [0.5, 0.6) is 0 Å². The van der Waals surface area contributed by atoms with Crippen LogP contribution >= 0.6 is 0 Å². The zero-order valence-electron chi connectivity index (χ0n) is 13.0. The Balaban J connectivity index is 4.04. The van der Waals surface area contributed by atoms with Crippen LogP contribution in [0.3, 0.4) is 0 Å². The molecule has 0 aliphatic rings. The van der Waals surface area contributed by atoms with Gasteiger partial charge in [0, 0.05) is 26.6 Å². The lowest BCUT2D eigenvalue weighted by atomic mass is 9.87. The van der Waals surface area contributed by atoms with Crippen molar-refractivity contribution in [3.8, 4) is 0 Å². The summed E-state index contributed by atoms with van der Waals surface area (Å²) in [5, 5.41) is 16.5. The second-order valence-electron chi connectivity index (χ2n) is 5.63. The molecule has 0 saturated carbocycles. The van der Waals surface area contributed by atoms with Gasteiger partial charge in [0.05, 0.1) is 6.61 Å². The molecule has 0 radical (unpaired) electrons. The summed E-state index contributed by atoms with van der Waals surface area (Å²) in [5.41, 5.74) is -0.610. The standard InChI is InChI=1S/C13H25N3O5/c1-13(2,3)10(11(18)19)16-12(20)15-6-5-9(17)14-7-8-21-4/h10H,5-8H2,1-4H3,(H,14,17)(H,18,19)(H2,15,16,20)/t10-/m0/s1. The van der Waals surface area contributed by atoms with Crippen molar-refractivity contribution in [3.63, 3.8) is 0 Å². The fourth-order valence-corrected chi connectivity index (χ4v) is 1.50. The first-order chi connectivity index (χ1) is 9.68. The summed E-state index contributed by atoms with van der Waals surface area (Å²) in [6.45, 7) is 6.11. The Morgan fingerprint density at radius 1 is 1.14 bits per heavy atom. The Hall–Kier alpha value is -1.83. The lowest BCUT2D eigenvalue weighted by Crippen LogP contribution is -2.52. The lowest BCUT2D eigenvalue weighted by Gasteiger charge is -2.27. The average Bonchev–Trinajstić information content (AvgIpc) is 2.34. The van der Waals surface area contributed by atoms with Crippen LogP contribution in [-0.2, 0) is 14.3 Å². The molecular formula is C13H25N3O5. The fourth-order valence-electron chi connectivity index (χ4n) is 1.50. The Kier molecular flexibility index (Phi) is 8.37. The Morgan fingerprint density at radius 2 is 1.76 bits per heavy atom. The minimum absolute atomic E-state index is 0.115. The number of hydrogen-bond acceptors (Lipinski definition) is 4. The average molecular weight is 303 g/mol. The second-order valence-corrected chi connectivity index (χ2v) is 5.63. The van der Waals surface area contributed by atoms with E-state index in [0.29, 0.717) is 13.2 Å². The quantitative estimate of drug-likeness (QED) is 0.469. The monoisotopic (exact) mass is 303 g/mol. The van der Waals surface area contributed by atoms with Crippen molar-refractivity contribution < 1.29 is 24.2 Å². The molecule has 0 fully saturated rings. The molecule has 0 saturated heterocycles. The number of nitrogens with one attached hydrogen (secondary N) is 3. The Labute approximate surface area is 124 Å². The topological polar surface area (TPSA) is 117 Å². The van der Waals surface area contributed by atoms with E-state index in [1.807, 2.05) is 0 Å². The number of carboxylic acid groups (broad SMARTS) is 1. The summed E-state index contributed by atoms with van der Waals surface area (Å²) in [6.07, 6.45) is 0.115. The molecule has 0 aliphatic heterocycles. The van der Waals surface area contributed by atoms with Crippen molar-refractivity contribution in [1.29, 1.82) is 0 Å². The van der Waals surface area contributed by atoms with Gasteiger partial charge in [-0.2, -0.15) is 0 Å². The van der Waals surface area contributed by atoms with Crippen LogP contribution in [0.2, 0.25) is 0 Å². The van der Waals surface area contributed by atoms with Crippen molar-refractivity contribution in [3.05, 3.63) is 0 Å². The molecule has 3 amide bonds. The number of carbonyl (C=O) groups excluding carboxylic acids is 2. The zero-order chi connectivity index (χ0) is 16.5. The molecular weight excluding hydrogens is 278 g/mol. The number of methoxy groups -OCH3 is 1. The van der Waals surface area contributed by atoms with Gasteiger partial charge >= 0.3 is 12.0 Å². The molecule has 122 valence electrons. The van der Waals surface area contributed by atoms with Crippen molar-refractivity contribution in [2.24, 2.45) is 5.41 Å². The van der Waals surface area contributed by atoms with E-state index in [1.165, 1.54) is 7.11 Å². The SMILES string of the molecule is COCCNC(=O)CCNC(=O)N[C@@H](C(=O)O)C(C)(C)C. The number of aliphatic carboxylic acids is 1. The molecule has 0 rings (SSSR count). The van der Waals surface area contributed by atoms with Crippen molar-refractivity contribution in [1.82, 2.24) is 16.0 Å². The summed E-state index contributed by atoms with van der Waals surface area (Å²) in [5.74, 6) is -1.31. The molecule has 0 heterocycles. The summed E-state index contributed by atoms with van der Waals surface area (Å²) < 4.78 is 4.78. The molecule has 0 spiro atoms. The van der Waals surface area contributed by atoms with Gasteiger partial charge in [-0.05, 0) is 5.41 Å².